The highest BCUT2D eigenvalue weighted by atomic mass is 16.6. The summed E-state index contributed by atoms with van der Waals surface area (Å²) in [6.07, 6.45) is 3.63. The average molecular weight is 931 g/mol. The van der Waals surface area contributed by atoms with Crippen LogP contribution in [0.3, 0.4) is 0 Å². The van der Waals surface area contributed by atoms with Crippen LogP contribution in [-0.2, 0) is 14.2 Å². The average Bonchev–Trinajstić information content (AvgIpc) is 3.82. The first-order chi connectivity index (χ1) is 33.4. The van der Waals surface area contributed by atoms with Crippen molar-refractivity contribution in [2.75, 3.05) is 64.3 Å². The van der Waals surface area contributed by atoms with Crippen molar-refractivity contribution in [1.29, 1.82) is 0 Å². The second-order valence-corrected chi connectivity index (χ2v) is 16.1. The third-order valence-corrected chi connectivity index (χ3v) is 11.7. The predicted octanol–water partition coefficient (Wildman–Crippen LogP) is 8.67. The molecule has 0 amide bonds. The van der Waals surface area contributed by atoms with E-state index in [0.29, 0.717) is 75.7 Å². The number of carboxylic acids is 2. The topological polar surface area (TPSA) is 216 Å². The Morgan fingerprint density at radius 3 is 1.20 bits per heavy atom. The van der Waals surface area contributed by atoms with Crippen LogP contribution in [-0.4, -0.2) is 95.4 Å². The zero-order valence-electron chi connectivity index (χ0n) is 38.0. The monoisotopic (exact) mass is 930 g/mol. The van der Waals surface area contributed by atoms with E-state index in [1.165, 1.54) is 24.3 Å². The fourth-order valence-corrected chi connectivity index (χ4v) is 8.41. The molecular formula is C54H50N4O11. The number of pyridine rings is 2. The Morgan fingerprint density at radius 2 is 0.841 bits per heavy atom. The lowest BCUT2D eigenvalue weighted by molar-refractivity contribution is 0.00499. The van der Waals surface area contributed by atoms with Gasteiger partial charge in [-0.2, -0.15) is 0 Å². The van der Waals surface area contributed by atoms with Crippen LogP contribution in [0.1, 0.15) is 63.9 Å². The van der Waals surface area contributed by atoms with Gasteiger partial charge >= 0.3 is 11.9 Å². The molecule has 0 fully saturated rings. The fraction of sp³-hybridized carbons (Fsp3) is 0.185. The van der Waals surface area contributed by atoms with Gasteiger partial charge in [-0.15, -0.1) is 0 Å². The maximum atomic E-state index is 13.8. The molecule has 0 aliphatic heterocycles. The molecule has 0 bridgehead atoms. The van der Waals surface area contributed by atoms with Crippen LogP contribution in [0.25, 0.3) is 33.3 Å². The molecule has 0 saturated carbocycles. The van der Waals surface area contributed by atoms with Crippen molar-refractivity contribution in [3.8, 4) is 33.8 Å². The molecule has 69 heavy (non-hydrogen) atoms. The molecule has 352 valence electrons. The standard InChI is InChI=1S/C54H50N4O11/c1-33-47(45-7-3-5-21-57(45)49(33)51(59)37-13-19-43(55)41(31-37)53(61)62)35-9-15-39(16-10-35)68-29-27-66-25-23-65-24-26-67-28-30-69-40-17-11-36(12-18-40)48-34(2)50(58-22-6-4-8-46(48)58)52(60)38-14-20-44(56)42(32-38)54(63)64/h3-22,31-32H,23-30,55-56H2,1-2H3,(H,61,62)(H,63,64). The number of aromatic nitrogens is 2. The summed E-state index contributed by atoms with van der Waals surface area (Å²) in [5.41, 5.74) is 19.7. The van der Waals surface area contributed by atoms with Crippen LogP contribution in [0.15, 0.2) is 134 Å². The first-order valence-electron chi connectivity index (χ1n) is 22.2. The Morgan fingerprint density at radius 1 is 0.478 bits per heavy atom. The summed E-state index contributed by atoms with van der Waals surface area (Å²) in [5.74, 6) is -1.69. The van der Waals surface area contributed by atoms with E-state index in [1.54, 1.807) is 12.1 Å². The number of benzene rings is 4. The lowest BCUT2D eigenvalue weighted by atomic mass is 9.98. The van der Waals surface area contributed by atoms with Gasteiger partial charge in [0, 0.05) is 46.0 Å². The molecule has 0 radical (unpaired) electrons. The van der Waals surface area contributed by atoms with Crippen molar-refractivity contribution in [3.63, 3.8) is 0 Å². The molecule has 0 unspecified atom stereocenters. The van der Waals surface area contributed by atoms with Gasteiger partial charge in [-0.25, -0.2) is 9.59 Å². The van der Waals surface area contributed by atoms with E-state index in [-0.39, 0.29) is 45.2 Å². The van der Waals surface area contributed by atoms with Crippen molar-refractivity contribution in [3.05, 3.63) is 178 Å². The third kappa shape index (κ3) is 10.2. The zero-order chi connectivity index (χ0) is 48.6. The minimum Gasteiger partial charge on any atom is -0.491 e. The van der Waals surface area contributed by atoms with Gasteiger partial charge in [-0.3, -0.25) is 9.59 Å². The number of hydrogen-bond acceptors (Lipinski definition) is 11. The molecule has 15 nitrogen and oxygen atoms in total. The summed E-state index contributed by atoms with van der Waals surface area (Å²) in [7, 11) is 0. The zero-order valence-corrected chi connectivity index (χ0v) is 38.0. The van der Waals surface area contributed by atoms with Gasteiger partial charge < -0.3 is 54.2 Å². The number of aromatic carboxylic acids is 2. The van der Waals surface area contributed by atoms with Crippen molar-refractivity contribution >= 4 is 45.9 Å². The number of anilines is 2. The lowest BCUT2D eigenvalue weighted by Crippen LogP contribution is -2.14. The number of carboxylic acid groups (broad SMARTS) is 2. The van der Waals surface area contributed by atoms with E-state index >= 15 is 0 Å². The summed E-state index contributed by atoms with van der Waals surface area (Å²) in [6.45, 7) is 6.76. The van der Waals surface area contributed by atoms with Crippen molar-refractivity contribution in [2.45, 2.75) is 13.8 Å². The van der Waals surface area contributed by atoms with Gasteiger partial charge in [-0.1, -0.05) is 36.4 Å². The molecule has 0 saturated heterocycles. The minimum absolute atomic E-state index is 0.0896. The summed E-state index contributed by atoms with van der Waals surface area (Å²) >= 11 is 0. The lowest BCUT2D eigenvalue weighted by Gasteiger charge is -2.10. The molecule has 8 rings (SSSR count). The quantitative estimate of drug-likeness (QED) is 0.0285. The number of nitrogens with two attached hydrogens (primary N) is 2. The van der Waals surface area contributed by atoms with Crippen LogP contribution in [0.4, 0.5) is 11.4 Å². The number of hydrogen-bond donors (Lipinski definition) is 4. The van der Waals surface area contributed by atoms with Gasteiger partial charge in [0.15, 0.2) is 0 Å². The largest absolute Gasteiger partial charge is 0.491 e. The number of fused-ring (bicyclic) bond motifs is 2. The molecule has 0 atom stereocenters. The van der Waals surface area contributed by atoms with Crippen LogP contribution in [0, 0.1) is 13.8 Å². The van der Waals surface area contributed by atoms with Crippen LogP contribution in [0.2, 0.25) is 0 Å². The maximum absolute atomic E-state index is 13.8. The number of carbonyl (C=O) groups excluding carboxylic acids is 2. The van der Waals surface area contributed by atoms with E-state index in [0.717, 1.165) is 44.4 Å². The molecule has 6 N–H and O–H groups in total. The van der Waals surface area contributed by atoms with Gasteiger partial charge in [0.05, 0.1) is 73.2 Å². The van der Waals surface area contributed by atoms with Crippen LogP contribution in [0.5, 0.6) is 11.5 Å². The smallest absolute Gasteiger partial charge is 0.337 e. The number of ketones is 2. The molecule has 4 heterocycles. The third-order valence-electron chi connectivity index (χ3n) is 11.7. The van der Waals surface area contributed by atoms with Crippen molar-refractivity contribution in [1.82, 2.24) is 8.80 Å². The van der Waals surface area contributed by atoms with Gasteiger partial charge in [0.1, 0.15) is 24.7 Å². The van der Waals surface area contributed by atoms with E-state index in [4.69, 9.17) is 35.2 Å². The molecular weight excluding hydrogens is 881 g/mol. The number of carbonyl (C=O) groups is 4. The minimum atomic E-state index is -1.20. The Bertz CT molecular complexity index is 2980. The summed E-state index contributed by atoms with van der Waals surface area (Å²) in [5, 5.41) is 19.1. The number of rotatable bonds is 22. The first-order valence-corrected chi connectivity index (χ1v) is 22.2. The number of ether oxygens (including phenoxy) is 5. The Balaban J connectivity index is 0.734. The highest BCUT2D eigenvalue weighted by molar-refractivity contribution is 6.14. The molecule has 0 spiro atoms. The second-order valence-electron chi connectivity index (χ2n) is 16.1. The highest BCUT2D eigenvalue weighted by Crippen LogP contribution is 2.37. The second kappa shape index (κ2) is 21.2. The van der Waals surface area contributed by atoms with Crippen LogP contribution >= 0.6 is 0 Å². The van der Waals surface area contributed by atoms with Gasteiger partial charge in [-0.05, 0) is 121 Å². The van der Waals surface area contributed by atoms with Crippen molar-refractivity contribution in [2.24, 2.45) is 0 Å². The summed E-state index contributed by atoms with van der Waals surface area (Å²) < 4.78 is 32.5. The maximum Gasteiger partial charge on any atom is 0.337 e. The Kier molecular flexibility index (Phi) is 14.5. The fourth-order valence-electron chi connectivity index (χ4n) is 8.41. The van der Waals surface area contributed by atoms with Crippen LogP contribution < -0.4 is 20.9 Å². The van der Waals surface area contributed by atoms with Gasteiger partial charge in [0.25, 0.3) is 0 Å². The van der Waals surface area contributed by atoms with E-state index in [9.17, 15) is 29.4 Å². The summed E-state index contributed by atoms with van der Waals surface area (Å²) in [4.78, 5) is 51.0. The van der Waals surface area contributed by atoms with Gasteiger partial charge in [0.2, 0.25) is 11.6 Å². The van der Waals surface area contributed by atoms with E-state index in [1.807, 2.05) is 120 Å². The Hall–Kier alpha value is -8.24. The molecule has 8 aromatic rings. The van der Waals surface area contributed by atoms with E-state index < -0.39 is 11.9 Å². The molecule has 4 aromatic carbocycles. The molecule has 0 aliphatic rings. The predicted molar refractivity (Wildman–Crippen MR) is 261 cm³/mol. The SMILES string of the molecule is Cc1c(-c2ccc(OCCOCCOCCOCCOc3ccc(-c4c(C)c(C(=O)c5ccc(N)c(C(=O)O)c5)n5ccccc45)cc3)cc2)c2ccccn2c1C(=O)c1ccc(N)c(C(=O)O)c1. The molecule has 4 aromatic heterocycles. The van der Waals surface area contributed by atoms with E-state index in [2.05, 4.69) is 0 Å². The Labute approximate surface area is 397 Å². The number of nitrogens with zero attached hydrogens (tertiary/aromatic N) is 2. The summed E-state index contributed by atoms with van der Waals surface area (Å²) in [6, 6.07) is 35.2. The highest BCUT2D eigenvalue weighted by Gasteiger charge is 2.25. The van der Waals surface area contributed by atoms with Crippen molar-refractivity contribution < 1.29 is 53.1 Å². The first kappa shape index (κ1) is 47.3. The molecule has 0 aliphatic carbocycles. The normalized spacial score (nSPS) is 11.3. The molecule has 15 heteroatoms. The number of nitrogen functional groups attached to an aromatic ring is 2.